The number of hydrogen-bond acceptors (Lipinski definition) is 8. The molecule has 1 saturated heterocycles. The molecule has 152 valence electrons. The van der Waals surface area contributed by atoms with Crippen LogP contribution in [-0.2, 0) is 11.2 Å². The highest BCUT2D eigenvalue weighted by Crippen LogP contribution is 2.27. The standard InChI is InChI=1S/C20H24N6OS2/c1-13-15(14(2)23-19(22-13)28-3)6-7-17(27)25-9-11-26(12-10-25)20-24-16-5-4-8-21-18(16)29-20/h4-5,8H,6-7,9-12H2,1-3H3. The fourth-order valence-electron chi connectivity index (χ4n) is 3.59. The Morgan fingerprint density at radius 3 is 2.52 bits per heavy atom. The van der Waals surface area contributed by atoms with Crippen molar-refractivity contribution in [2.75, 3.05) is 37.3 Å². The van der Waals surface area contributed by atoms with E-state index < -0.39 is 0 Å². The average Bonchev–Trinajstić information content (AvgIpc) is 3.17. The van der Waals surface area contributed by atoms with E-state index in [-0.39, 0.29) is 5.91 Å². The van der Waals surface area contributed by atoms with Gasteiger partial charge in [0.2, 0.25) is 5.91 Å². The number of aromatic nitrogens is 4. The molecule has 4 rings (SSSR count). The van der Waals surface area contributed by atoms with Gasteiger partial charge in [-0.3, -0.25) is 4.79 Å². The van der Waals surface area contributed by atoms with Gasteiger partial charge in [-0.25, -0.2) is 19.9 Å². The molecule has 1 amide bonds. The first kappa shape index (κ1) is 20.0. The number of carbonyl (C=O) groups excluding carboxylic acids is 1. The van der Waals surface area contributed by atoms with E-state index in [1.54, 1.807) is 29.3 Å². The fourth-order valence-corrected chi connectivity index (χ4v) is 5.01. The zero-order valence-corrected chi connectivity index (χ0v) is 18.5. The molecule has 0 atom stereocenters. The van der Waals surface area contributed by atoms with Crippen molar-refractivity contribution in [2.24, 2.45) is 0 Å². The van der Waals surface area contributed by atoms with Gasteiger partial charge in [0.1, 0.15) is 10.3 Å². The normalized spacial score (nSPS) is 14.6. The second kappa shape index (κ2) is 8.62. The fraction of sp³-hybridized carbons (Fsp3) is 0.450. The number of aryl methyl sites for hydroxylation is 2. The van der Waals surface area contributed by atoms with Gasteiger partial charge in [-0.05, 0) is 44.2 Å². The van der Waals surface area contributed by atoms with Crippen LogP contribution in [-0.4, -0.2) is 63.2 Å². The highest BCUT2D eigenvalue weighted by Gasteiger charge is 2.23. The summed E-state index contributed by atoms with van der Waals surface area (Å²) in [6.45, 7) is 7.05. The minimum Gasteiger partial charge on any atom is -0.344 e. The number of pyridine rings is 1. The summed E-state index contributed by atoms with van der Waals surface area (Å²) in [6, 6.07) is 3.90. The Balaban J connectivity index is 1.33. The number of thioether (sulfide) groups is 1. The molecule has 0 unspecified atom stereocenters. The minimum absolute atomic E-state index is 0.198. The van der Waals surface area contributed by atoms with E-state index in [1.807, 2.05) is 37.1 Å². The quantitative estimate of drug-likeness (QED) is 0.457. The Kier molecular flexibility index (Phi) is 5.96. The second-order valence-electron chi connectivity index (χ2n) is 7.05. The molecule has 0 N–H and O–H groups in total. The third kappa shape index (κ3) is 4.35. The van der Waals surface area contributed by atoms with E-state index in [1.165, 1.54) is 0 Å². The lowest BCUT2D eigenvalue weighted by molar-refractivity contribution is -0.131. The van der Waals surface area contributed by atoms with Crippen LogP contribution in [0.25, 0.3) is 10.3 Å². The van der Waals surface area contributed by atoms with Crippen molar-refractivity contribution in [3.63, 3.8) is 0 Å². The lowest BCUT2D eigenvalue weighted by Crippen LogP contribution is -2.48. The van der Waals surface area contributed by atoms with Gasteiger partial charge in [0.25, 0.3) is 0 Å². The summed E-state index contributed by atoms with van der Waals surface area (Å²) in [6.07, 6.45) is 4.95. The Morgan fingerprint density at radius 1 is 1.14 bits per heavy atom. The number of anilines is 1. The van der Waals surface area contributed by atoms with E-state index in [4.69, 9.17) is 0 Å². The molecule has 0 radical (unpaired) electrons. The van der Waals surface area contributed by atoms with Crippen LogP contribution < -0.4 is 4.90 Å². The van der Waals surface area contributed by atoms with Crippen molar-refractivity contribution in [3.05, 3.63) is 35.3 Å². The van der Waals surface area contributed by atoms with Crippen LogP contribution in [0.2, 0.25) is 0 Å². The van der Waals surface area contributed by atoms with Gasteiger partial charge in [-0.1, -0.05) is 23.1 Å². The number of carbonyl (C=O) groups is 1. The van der Waals surface area contributed by atoms with Crippen molar-refractivity contribution in [1.29, 1.82) is 0 Å². The van der Waals surface area contributed by atoms with Gasteiger partial charge in [-0.15, -0.1) is 0 Å². The molecule has 9 heteroatoms. The summed E-state index contributed by atoms with van der Waals surface area (Å²) in [7, 11) is 0. The molecule has 7 nitrogen and oxygen atoms in total. The molecule has 0 saturated carbocycles. The number of thiazole rings is 1. The van der Waals surface area contributed by atoms with E-state index in [2.05, 4.69) is 24.8 Å². The number of fused-ring (bicyclic) bond motifs is 1. The van der Waals surface area contributed by atoms with Crippen molar-refractivity contribution in [1.82, 2.24) is 24.8 Å². The molecule has 0 bridgehead atoms. The lowest BCUT2D eigenvalue weighted by Gasteiger charge is -2.34. The lowest BCUT2D eigenvalue weighted by atomic mass is 10.1. The van der Waals surface area contributed by atoms with Crippen LogP contribution in [0.15, 0.2) is 23.5 Å². The highest BCUT2D eigenvalue weighted by molar-refractivity contribution is 7.98. The summed E-state index contributed by atoms with van der Waals surface area (Å²) in [4.78, 5) is 36.0. The van der Waals surface area contributed by atoms with Gasteiger partial charge in [0, 0.05) is 50.2 Å². The van der Waals surface area contributed by atoms with E-state index in [0.29, 0.717) is 12.8 Å². The molecule has 1 aliphatic heterocycles. The molecule has 0 spiro atoms. The number of hydrogen-bond donors (Lipinski definition) is 0. The van der Waals surface area contributed by atoms with Crippen molar-refractivity contribution < 1.29 is 4.79 Å². The molecule has 1 fully saturated rings. The Hall–Kier alpha value is -2.26. The summed E-state index contributed by atoms with van der Waals surface area (Å²) in [5, 5.41) is 1.78. The van der Waals surface area contributed by atoms with Gasteiger partial charge >= 0.3 is 0 Å². The molecular weight excluding hydrogens is 404 g/mol. The third-order valence-electron chi connectivity index (χ3n) is 5.23. The summed E-state index contributed by atoms with van der Waals surface area (Å²) in [5.41, 5.74) is 3.98. The Morgan fingerprint density at radius 2 is 1.86 bits per heavy atom. The summed E-state index contributed by atoms with van der Waals surface area (Å²) < 4.78 is 0. The van der Waals surface area contributed by atoms with Gasteiger partial charge in [-0.2, -0.15) is 0 Å². The maximum atomic E-state index is 12.7. The third-order valence-corrected chi connectivity index (χ3v) is 6.82. The molecule has 3 aromatic rings. The maximum Gasteiger partial charge on any atom is 0.223 e. The van der Waals surface area contributed by atoms with Crippen molar-refractivity contribution >= 4 is 44.5 Å². The zero-order chi connectivity index (χ0) is 20.4. The number of nitrogens with zero attached hydrogens (tertiary/aromatic N) is 6. The molecule has 1 aliphatic rings. The Bertz CT molecular complexity index is 973. The first-order valence-electron chi connectivity index (χ1n) is 9.67. The predicted molar refractivity (Wildman–Crippen MR) is 118 cm³/mol. The van der Waals surface area contributed by atoms with E-state index >= 15 is 0 Å². The zero-order valence-electron chi connectivity index (χ0n) is 16.9. The van der Waals surface area contributed by atoms with Crippen LogP contribution in [0, 0.1) is 13.8 Å². The molecule has 29 heavy (non-hydrogen) atoms. The predicted octanol–water partition coefficient (Wildman–Crippen LogP) is 3.10. The van der Waals surface area contributed by atoms with Crippen LogP contribution >= 0.6 is 23.1 Å². The monoisotopic (exact) mass is 428 g/mol. The van der Waals surface area contributed by atoms with E-state index in [0.717, 1.165) is 63.8 Å². The molecule has 0 aliphatic carbocycles. The largest absolute Gasteiger partial charge is 0.344 e. The van der Waals surface area contributed by atoms with Gasteiger partial charge < -0.3 is 9.80 Å². The first-order valence-corrected chi connectivity index (χ1v) is 11.7. The molecule has 0 aromatic carbocycles. The highest BCUT2D eigenvalue weighted by atomic mass is 32.2. The topological polar surface area (TPSA) is 75.1 Å². The first-order chi connectivity index (χ1) is 14.0. The summed E-state index contributed by atoms with van der Waals surface area (Å²) in [5.74, 6) is 0.198. The second-order valence-corrected chi connectivity index (χ2v) is 8.78. The van der Waals surface area contributed by atoms with Crippen LogP contribution in [0.4, 0.5) is 5.13 Å². The number of amides is 1. The van der Waals surface area contributed by atoms with Crippen LogP contribution in [0.5, 0.6) is 0 Å². The smallest absolute Gasteiger partial charge is 0.223 e. The average molecular weight is 429 g/mol. The van der Waals surface area contributed by atoms with Crippen LogP contribution in [0.3, 0.4) is 0 Å². The maximum absolute atomic E-state index is 12.7. The summed E-state index contributed by atoms with van der Waals surface area (Å²) >= 11 is 3.15. The Labute approximate surface area is 178 Å². The molecule has 3 aromatic heterocycles. The SMILES string of the molecule is CSc1nc(C)c(CCC(=O)N2CCN(c3nc4cccnc4s3)CC2)c(C)n1. The molecule has 4 heterocycles. The number of rotatable bonds is 5. The van der Waals surface area contributed by atoms with Gasteiger partial charge in [0.05, 0.1) is 0 Å². The van der Waals surface area contributed by atoms with Crippen molar-refractivity contribution in [2.45, 2.75) is 31.8 Å². The number of piperazine rings is 1. The van der Waals surface area contributed by atoms with Crippen LogP contribution in [0.1, 0.15) is 23.4 Å². The van der Waals surface area contributed by atoms with Gasteiger partial charge in [0.15, 0.2) is 10.3 Å². The van der Waals surface area contributed by atoms with Crippen molar-refractivity contribution in [3.8, 4) is 0 Å². The molecular formula is C20H24N6OS2. The van der Waals surface area contributed by atoms with E-state index in [9.17, 15) is 4.79 Å². The minimum atomic E-state index is 0.198.